The molecule has 0 atom stereocenters. The first-order chi connectivity index (χ1) is 13.3. The highest BCUT2D eigenvalue weighted by Gasteiger charge is 2.27. The Bertz CT molecular complexity index is 944. The number of piperazine rings is 1. The number of anilines is 2. The first-order valence-corrected chi connectivity index (χ1v) is 11.4. The summed E-state index contributed by atoms with van der Waals surface area (Å²) in [6, 6.07) is 7.15. The normalized spacial score (nSPS) is 14.8. The van der Waals surface area contributed by atoms with Crippen LogP contribution < -0.4 is 9.21 Å². The van der Waals surface area contributed by atoms with Crippen molar-refractivity contribution in [1.82, 2.24) is 14.9 Å². The third-order valence-electron chi connectivity index (χ3n) is 4.59. The van der Waals surface area contributed by atoms with Gasteiger partial charge in [0, 0.05) is 38.6 Å². The number of carbonyl (C=O) groups is 1. The Morgan fingerprint density at radius 3 is 2.32 bits per heavy atom. The molecule has 3 rings (SSSR count). The number of amides is 1. The first-order valence-electron chi connectivity index (χ1n) is 8.79. The number of halogens is 1. The average Bonchev–Trinajstić information content (AvgIpc) is 2.66. The topological polar surface area (TPSA) is 86.7 Å². The highest BCUT2D eigenvalue weighted by atomic mass is 79.9. The summed E-state index contributed by atoms with van der Waals surface area (Å²) in [5.41, 5.74) is 1.33. The number of para-hydroxylation sites is 1. The second-order valence-corrected chi connectivity index (χ2v) is 9.45. The third-order valence-corrected chi connectivity index (χ3v) is 6.12. The lowest BCUT2D eigenvalue weighted by molar-refractivity contribution is -0.129. The van der Waals surface area contributed by atoms with Gasteiger partial charge in [0.2, 0.25) is 21.9 Å². The molecule has 0 unspecified atom stereocenters. The molecule has 1 aromatic carbocycles. The summed E-state index contributed by atoms with van der Waals surface area (Å²) in [5.74, 6) is 0.401. The van der Waals surface area contributed by atoms with E-state index in [2.05, 4.69) is 25.9 Å². The van der Waals surface area contributed by atoms with Gasteiger partial charge in [-0.15, -0.1) is 0 Å². The number of aryl methyl sites for hydroxylation is 1. The van der Waals surface area contributed by atoms with Crippen molar-refractivity contribution in [2.75, 3.05) is 48.2 Å². The molecule has 1 amide bonds. The van der Waals surface area contributed by atoms with Crippen molar-refractivity contribution >= 4 is 43.5 Å². The predicted octanol–water partition coefficient (Wildman–Crippen LogP) is 1.66. The summed E-state index contributed by atoms with van der Waals surface area (Å²) >= 11 is 3.31. The molecule has 150 valence electrons. The summed E-state index contributed by atoms with van der Waals surface area (Å²) < 4.78 is 26.6. The number of rotatable bonds is 5. The number of aromatic nitrogens is 2. The lowest BCUT2D eigenvalue weighted by atomic mass is 10.2. The molecule has 1 aliphatic rings. The number of hydrogen-bond donors (Lipinski definition) is 0. The maximum absolute atomic E-state index is 12.8. The summed E-state index contributed by atoms with van der Waals surface area (Å²) in [7, 11) is -3.58. The number of nitrogens with zero attached hydrogens (tertiary/aromatic N) is 5. The standard InChI is InChI=1S/C18H22BrN5O3S/c1-14-5-3-4-6-16(14)24(28(2,26)27)13-17(25)22-7-9-23(10-8-22)18-20-11-15(19)12-21-18/h3-6,11-12H,7-10,13H2,1-2H3. The van der Waals surface area contributed by atoms with E-state index in [0.29, 0.717) is 37.8 Å². The van der Waals surface area contributed by atoms with E-state index in [4.69, 9.17) is 0 Å². The van der Waals surface area contributed by atoms with E-state index in [9.17, 15) is 13.2 Å². The van der Waals surface area contributed by atoms with E-state index in [0.717, 1.165) is 16.3 Å². The zero-order valence-corrected chi connectivity index (χ0v) is 18.1. The van der Waals surface area contributed by atoms with Gasteiger partial charge in [-0.1, -0.05) is 18.2 Å². The van der Waals surface area contributed by atoms with Gasteiger partial charge in [0.05, 0.1) is 16.4 Å². The number of benzene rings is 1. The van der Waals surface area contributed by atoms with Crippen molar-refractivity contribution in [1.29, 1.82) is 0 Å². The van der Waals surface area contributed by atoms with Gasteiger partial charge in [0.25, 0.3) is 0 Å². The summed E-state index contributed by atoms with van der Waals surface area (Å²) in [6.45, 7) is 3.79. The molecule has 10 heteroatoms. The molecule has 2 heterocycles. The highest BCUT2D eigenvalue weighted by molar-refractivity contribution is 9.10. The smallest absolute Gasteiger partial charge is 0.243 e. The van der Waals surface area contributed by atoms with Crippen LogP contribution in [-0.4, -0.2) is 68.2 Å². The number of carbonyl (C=O) groups excluding carboxylic acids is 1. The highest BCUT2D eigenvalue weighted by Crippen LogP contribution is 2.22. The van der Waals surface area contributed by atoms with Crippen LogP contribution in [0, 0.1) is 6.92 Å². The van der Waals surface area contributed by atoms with Crippen LogP contribution in [0.5, 0.6) is 0 Å². The minimum absolute atomic E-state index is 0.210. The van der Waals surface area contributed by atoms with Gasteiger partial charge in [0.15, 0.2) is 0 Å². The molecule has 1 saturated heterocycles. The van der Waals surface area contributed by atoms with Crippen LogP contribution in [0.1, 0.15) is 5.56 Å². The van der Waals surface area contributed by atoms with Crippen LogP contribution in [0.15, 0.2) is 41.1 Å². The maximum atomic E-state index is 12.8. The van der Waals surface area contributed by atoms with Crippen molar-refractivity contribution in [3.8, 4) is 0 Å². The summed E-state index contributed by atoms with van der Waals surface area (Å²) in [5, 5.41) is 0. The Balaban J connectivity index is 1.67. The lowest BCUT2D eigenvalue weighted by Gasteiger charge is -2.35. The number of sulfonamides is 1. The second kappa shape index (κ2) is 8.44. The Morgan fingerprint density at radius 2 is 1.75 bits per heavy atom. The van der Waals surface area contributed by atoms with Gasteiger partial charge in [-0.25, -0.2) is 18.4 Å². The fourth-order valence-corrected chi connectivity index (χ4v) is 4.18. The van der Waals surface area contributed by atoms with Crippen LogP contribution in [0.3, 0.4) is 0 Å². The molecular weight excluding hydrogens is 446 g/mol. The van der Waals surface area contributed by atoms with Crippen LogP contribution in [0.2, 0.25) is 0 Å². The van der Waals surface area contributed by atoms with E-state index in [-0.39, 0.29) is 12.5 Å². The minimum Gasteiger partial charge on any atom is -0.338 e. The molecule has 0 radical (unpaired) electrons. The Hall–Kier alpha value is -2.20. The first kappa shape index (κ1) is 20.5. The van der Waals surface area contributed by atoms with Crippen LogP contribution in [0.4, 0.5) is 11.6 Å². The van der Waals surface area contributed by atoms with E-state index < -0.39 is 10.0 Å². The van der Waals surface area contributed by atoms with Crippen LogP contribution in [0.25, 0.3) is 0 Å². The van der Waals surface area contributed by atoms with Crippen LogP contribution in [-0.2, 0) is 14.8 Å². The molecule has 1 aromatic heterocycles. The third kappa shape index (κ3) is 4.79. The predicted molar refractivity (Wildman–Crippen MR) is 112 cm³/mol. The molecule has 0 bridgehead atoms. The lowest BCUT2D eigenvalue weighted by Crippen LogP contribution is -2.52. The SMILES string of the molecule is Cc1ccccc1N(CC(=O)N1CCN(c2ncc(Br)cn2)CC1)S(C)(=O)=O. The fourth-order valence-electron chi connectivity index (χ4n) is 3.07. The number of hydrogen-bond acceptors (Lipinski definition) is 6. The van der Waals surface area contributed by atoms with Crippen molar-refractivity contribution in [3.05, 3.63) is 46.7 Å². The summed E-state index contributed by atoms with van der Waals surface area (Å²) in [4.78, 5) is 25.0. The van der Waals surface area contributed by atoms with E-state index >= 15 is 0 Å². The van der Waals surface area contributed by atoms with Gasteiger partial charge in [-0.2, -0.15) is 0 Å². The molecule has 28 heavy (non-hydrogen) atoms. The zero-order valence-electron chi connectivity index (χ0n) is 15.7. The van der Waals surface area contributed by atoms with Crippen molar-refractivity contribution in [2.45, 2.75) is 6.92 Å². The average molecular weight is 468 g/mol. The van der Waals surface area contributed by atoms with Gasteiger partial charge >= 0.3 is 0 Å². The Kier molecular flexibility index (Phi) is 6.19. The molecule has 8 nitrogen and oxygen atoms in total. The Morgan fingerprint density at radius 1 is 1.14 bits per heavy atom. The molecule has 0 spiro atoms. The monoisotopic (exact) mass is 467 g/mol. The van der Waals surface area contributed by atoms with Crippen molar-refractivity contribution < 1.29 is 13.2 Å². The van der Waals surface area contributed by atoms with Gasteiger partial charge in [-0.3, -0.25) is 9.10 Å². The van der Waals surface area contributed by atoms with Gasteiger partial charge < -0.3 is 9.80 Å². The fraction of sp³-hybridized carbons (Fsp3) is 0.389. The largest absolute Gasteiger partial charge is 0.338 e. The second-order valence-electron chi connectivity index (χ2n) is 6.63. The minimum atomic E-state index is -3.58. The van der Waals surface area contributed by atoms with Crippen molar-refractivity contribution in [2.24, 2.45) is 0 Å². The van der Waals surface area contributed by atoms with Crippen LogP contribution >= 0.6 is 15.9 Å². The zero-order chi connectivity index (χ0) is 20.3. The maximum Gasteiger partial charge on any atom is 0.243 e. The molecular formula is C18H22BrN5O3S. The molecule has 2 aromatic rings. The molecule has 1 fully saturated rings. The Labute approximate surface area is 173 Å². The molecule has 1 aliphatic heterocycles. The van der Waals surface area contributed by atoms with E-state index in [1.165, 1.54) is 4.31 Å². The molecule has 0 saturated carbocycles. The molecule has 0 aliphatic carbocycles. The van der Waals surface area contributed by atoms with E-state index in [1.807, 2.05) is 24.0 Å². The van der Waals surface area contributed by atoms with Gasteiger partial charge in [-0.05, 0) is 34.5 Å². The molecule has 0 N–H and O–H groups in total. The van der Waals surface area contributed by atoms with E-state index in [1.54, 1.807) is 29.4 Å². The van der Waals surface area contributed by atoms with Crippen molar-refractivity contribution in [3.63, 3.8) is 0 Å². The summed E-state index contributed by atoms with van der Waals surface area (Å²) in [6.07, 6.45) is 4.49. The quantitative estimate of drug-likeness (QED) is 0.664. The van der Waals surface area contributed by atoms with Gasteiger partial charge in [0.1, 0.15) is 6.54 Å².